The molecule has 27 heavy (non-hydrogen) atoms. The van der Waals surface area contributed by atoms with Crippen LogP contribution in [-0.4, -0.2) is 31.5 Å². The van der Waals surface area contributed by atoms with E-state index in [1.54, 1.807) is 17.4 Å². The third-order valence-corrected chi connectivity index (χ3v) is 6.36. The summed E-state index contributed by atoms with van der Waals surface area (Å²) in [4.78, 5) is 11.5. The van der Waals surface area contributed by atoms with E-state index >= 15 is 0 Å². The number of H-pyrrole nitrogens is 1. The van der Waals surface area contributed by atoms with Crippen LogP contribution in [-0.2, 0) is 6.42 Å². The van der Waals surface area contributed by atoms with E-state index in [1.807, 2.05) is 30.5 Å². The van der Waals surface area contributed by atoms with Crippen molar-refractivity contribution in [2.75, 3.05) is 0 Å². The summed E-state index contributed by atoms with van der Waals surface area (Å²) in [6.07, 6.45) is 2.52. The average Bonchev–Trinajstić information content (AvgIpc) is 3.39. The van der Waals surface area contributed by atoms with Gasteiger partial charge in [0.15, 0.2) is 0 Å². The van der Waals surface area contributed by atoms with E-state index in [4.69, 9.17) is 5.11 Å². The van der Waals surface area contributed by atoms with Crippen molar-refractivity contribution in [2.45, 2.75) is 6.42 Å². The zero-order valence-corrected chi connectivity index (χ0v) is 15.5. The Balaban J connectivity index is 1.44. The van der Waals surface area contributed by atoms with E-state index in [1.165, 1.54) is 11.3 Å². The second-order valence-corrected chi connectivity index (χ2v) is 8.28. The molecule has 2 aromatic carbocycles. The molecule has 3 aromatic heterocycles. The Bertz CT molecular complexity index is 1300. The smallest absolute Gasteiger partial charge is 0.345 e. The van der Waals surface area contributed by atoms with Crippen LogP contribution >= 0.6 is 22.7 Å². The van der Waals surface area contributed by atoms with Crippen molar-refractivity contribution >= 4 is 49.6 Å². The van der Waals surface area contributed by atoms with Crippen molar-refractivity contribution in [3.8, 4) is 10.6 Å². The summed E-state index contributed by atoms with van der Waals surface area (Å²) in [5, 5.41) is 28.6. The van der Waals surface area contributed by atoms with Gasteiger partial charge in [-0.2, -0.15) is 5.10 Å². The number of thiophene rings is 1. The fourth-order valence-corrected chi connectivity index (χ4v) is 4.80. The van der Waals surface area contributed by atoms with Gasteiger partial charge in [-0.1, -0.05) is 29.5 Å². The van der Waals surface area contributed by atoms with Gasteiger partial charge in [-0.3, -0.25) is 5.10 Å². The third kappa shape index (κ3) is 2.98. The molecule has 0 amide bonds. The zero-order chi connectivity index (χ0) is 18.4. The van der Waals surface area contributed by atoms with Gasteiger partial charge in [0.25, 0.3) is 0 Å². The van der Waals surface area contributed by atoms with Crippen LogP contribution in [0.2, 0.25) is 0 Å². The number of carbonyl (C=O) groups is 1. The summed E-state index contributed by atoms with van der Waals surface area (Å²) in [5.74, 6) is -0.898. The highest BCUT2D eigenvalue weighted by atomic mass is 32.1. The Labute approximate surface area is 161 Å². The molecule has 0 fully saturated rings. The maximum atomic E-state index is 11.2. The lowest BCUT2D eigenvalue weighted by Gasteiger charge is -1.97. The van der Waals surface area contributed by atoms with Gasteiger partial charge in [0.2, 0.25) is 0 Å². The molecule has 0 radical (unpaired) electrons. The molecule has 2 N–H and O–H groups in total. The molecular weight excluding hydrogens is 380 g/mol. The lowest BCUT2D eigenvalue weighted by molar-refractivity contribution is 0.0702. The first-order valence-corrected chi connectivity index (χ1v) is 9.81. The quantitative estimate of drug-likeness (QED) is 0.467. The number of aromatic nitrogens is 4. The number of fused-ring (bicyclic) bond motifs is 2. The predicted molar refractivity (Wildman–Crippen MR) is 107 cm³/mol. The SMILES string of the molecule is O=C(O)c1cc2ccc(-c3nnc(Cc4ccc5[nH]ncc5c4)s3)cc2s1. The first kappa shape index (κ1) is 16.1. The van der Waals surface area contributed by atoms with Gasteiger partial charge in [0, 0.05) is 22.1 Å². The van der Waals surface area contributed by atoms with Crippen LogP contribution in [0.1, 0.15) is 20.2 Å². The molecule has 8 heteroatoms. The number of carboxylic acids is 1. The van der Waals surface area contributed by atoms with Crippen molar-refractivity contribution in [3.05, 3.63) is 64.1 Å². The highest BCUT2D eigenvalue weighted by Gasteiger charge is 2.12. The average molecular weight is 392 g/mol. The Kier molecular flexibility index (Phi) is 3.73. The van der Waals surface area contributed by atoms with E-state index in [-0.39, 0.29) is 0 Å². The Morgan fingerprint density at radius 2 is 1.96 bits per heavy atom. The molecular formula is C19H12N4O2S2. The number of nitrogens with zero attached hydrogens (tertiary/aromatic N) is 3. The molecule has 5 rings (SSSR count). The number of carboxylic acid groups (broad SMARTS) is 1. The predicted octanol–water partition coefficient (Wildman–Crippen LogP) is 4.59. The van der Waals surface area contributed by atoms with Gasteiger partial charge in [-0.05, 0) is 35.2 Å². The normalized spacial score (nSPS) is 11.4. The number of nitrogens with one attached hydrogen (secondary N) is 1. The molecule has 0 aliphatic rings. The van der Waals surface area contributed by atoms with Gasteiger partial charge in [-0.15, -0.1) is 21.5 Å². The maximum Gasteiger partial charge on any atom is 0.345 e. The van der Waals surface area contributed by atoms with Crippen molar-refractivity contribution in [2.24, 2.45) is 0 Å². The second-order valence-electron chi connectivity index (χ2n) is 6.14. The van der Waals surface area contributed by atoms with Gasteiger partial charge < -0.3 is 5.11 Å². The summed E-state index contributed by atoms with van der Waals surface area (Å²) in [6, 6.07) is 13.8. The number of aromatic amines is 1. The van der Waals surface area contributed by atoms with Crippen LogP contribution < -0.4 is 0 Å². The first-order valence-electron chi connectivity index (χ1n) is 8.17. The standard InChI is InChI=1S/C19H12N4O2S2/c24-19(25)16-7-11-2-3-12(8-15(11)26-16)18-23-22-17(27-18)6-10-1-4-14-13(5-10)9-20-21-14/h1-5,7-9H,6H2,(H,20,21)(H,24,25). The van der Waals surface area contributed by atoms with Crippen molar-refractivity contribution in [1.29, 1.82) is 0 Å². The molecule has 0 aliphatic heterocycles. The molecule has 5 aromatic rings. The number of benzene rings is 2. The van der Waals surface area contributed by atoms with Crippen LogP contribution in [0.15, 0.2) is 48.7 Å². The van der Waals surface area contributed by atoms with Crippen LogP contribution in [0.5, 0.6) is 0 Å². The fourth-order valence-electron chi connectivity index (χ4n) is 2.99. The van der Waals surface area contributed by atoms with E-state index in [9.17, 15) is 4.79 Å². The topological polar surface area (TPSA) is 91.8 Å². The molecule has 0 atom stereocenters. The first-order chi connectivity index (χ1) is 13.2. The minimum atomic E-state index is -0.898. The summed E-state index contributed by atoms with van der Waals surface area (Å²) < 4.78 is 0.937. The molecule has 0 spiro atoms. The fraction of sp³-hybridized carbons (Fsp3) is 0.0526. The van der Waals surface area contributed by atoms with E-state index in [2.05, 4.69) is 32.5 Å². The Hall–Kier alpha value is -3.10. The Morgan fingerprint density at radius 3 is 2.85 bits per heavy atom. The maximum absolute atomic E-state index is 11.2. The molecule has 6 nitrogen and oxygen atoms in total. The molecule has 0 bridgehead atoms. The van der Waals surface area contributed by atoms with Crippen LogP contribution in [0.3, 0.4) is 0 Å². The van der Waals surface area contributed by atoms with Gasteiger partial charge in [-0.25, -0.2) is 4.79 Å². The minimum Gasteiger partial charge on any atom is -0.477 e. The summed E-state index contributed by atoms with van der Waals surface area (Å²) in [7, 11) is 0. The second kappa shape index (κ2) is 6.26. The molecule has 0 unspecified atom stereocenters. The third-order valence-electron chi connectivity index (χ3n) is 4.30. The highest BCUT2D eigenvalue weighted by molar-refractivity contribution is 7.20. The van der Waals surface area contributed by atoms with Gasteiger partial charge in [0.1, 0.15) is 14.9 Å². The van der Waals surface area contributed by atoms with Gasteiger partial charge >= 0.3 is 5.97 Å². The van der Waals surface area contributed by atoms with Crippen LogP contribution in [0.4, 0.5) is 0 Å². The lowest BCUT2D eigenvalue weighted by Crippen LogP contribution is -1.89. The highest BCUT2D eigenvalue weighted by Crippen LogP contribution is 2.32. The van der Waals surface area contributed by atoms with Crippen LogP contribution in [0, 0.1) is 0 Å². The van der Waals surface area contributed by atoms with E-state index < -0.39 is 5.97 Å². The zero-order valence-electron chi connectivity index (χ0n) is 13.8. The number of hydrogen-bond acceptors (Lipinski definition) is 6. The van der Waals surface area contributed by atoms with E-state index in [0.29, 0.717) is 11.3 Å². The van der Waals surface area contributed by atoms with Crippen molar-refractivity contribution in [3.63, 3.8) is 0 Å². The molecule has 3 heterocycles. The summed E-state index contributed by atoms with van der Waals surface area (Å²) in [6.45, 7) is 0. The van der Waals surface area contributed by atoms with Gasteiger partial charge in [0.05, 0.1) is 11.7 Å². The number of aromatic carboxylic acids is 1. The Morgan fingerprint density at radius 1 is 1.04 bits per heavy atom. The molecule has 0 saturated heterocycles. The minimum absolute atomic E-state index is 0.342. The molecule has 132 valence electrons. The van der Waals surface area contributed by atoms with E-state index in [0.717, 1.165) is 42.1 Å². The number of hydrogen-bond donors (Lipinski definition) is 2. The summed E-state index contributed by atoms with van der Waals surface area (Å²) in [5.41, 5.74) is 3.13. The molecule has 0 saturated carbocycles. The van der Waals surface area contributed by atoms with Crippen LogP contribution in [0.25, 0.3) is 31.6 Å². The largest absolute Gasteiger partial charge is 0.477 e. The molecule has 0 aliphatic carbocycles. The lowest BCUT2D eigenvalue weighted by atomic mass is 10.1. The summed E-state index contributed by atoms with van der Waals surface area (Å²) >= 11 is 2.83. The van der Waals surface area contributed by atoms with Crippen molar-refractivity contribution < 1.29 is 9.90 Å². The van der Waals surface area contributed by atoms with Crippen molar-refractivity contribution in [1.82, 2.24) is 20.4 Å². The number of rotatable bonds is 4. The monoisotopic (exact) mass is 392 g/mol.